The SMILES string of the molecule is CCCC[C@H]1C=CC(N2CCCC2=O)[C@@H](C(=O)OCC)C1. The average Bonchev–Trinajstić information content (AvgIpc) is 2.91. The highest BCUT2D eigenvalue weighted by Crippen LogP contribution is 2.33. The zero-order valence-corrected chi connectivity index (χ0v) is 13.2. The molecule has 0 bridgehead atoms. The van der Waals surface area contributed by atoms with Gasteiger partial charge < -0.3 is 9.64 Å². The predicted molar refractivity (Wildman–Crippen MR) is 81.6 cm³/mol. The molecule has 1 heterocycles. The Morgan fingerprint density at radius 2 is 2.19 bits per heavy atom. The minimum Gasteiger partial charge on any atom is -0.466 e. The van der Waals surface area contributed by atoms with E-state index < -0.39 is 0 Å². The quantitative estimate of drug-likeness (QED) is 0.559. The van der Waals surface area contributed by atoms with Gasteiger partial charge in [-0.25, -0.2) is 0 Å². The van der Waals surface area contributed by atoms with Gasteiger partial charge in [0, 0.05) is 13.0 Å². The van der Waals surface area contributed by atoms with Crippen LogP contribution in [-0.2, 0) is 14.3 Å². The number of ether oxygens (including phenoxy) is 1. The highest BCUT2D eigenvalue weighted by molar-refractivity contribution is 5.81. The summed E-state index contributed by atoms with van der Waals surface area (Å²) in [5, 5.41) is 0. The fraction of sp³-hybridized carbons (Fsp3) is 0.765. The molecule has 1 saturated heterocycles. The molecular weight excluding hydrogens is 266 g/mol. The smallest absolute Gasteiger partial charge is 0.311 e. The number of hydrogen-bond donors (Lipinski definition) is 0. The highest BCUT2D eigenvalue weighted by atomic mass is 16.5. The minimum atomic E-state index is -0.196. The molecule has 0 aromatic rings. The first kappa shape index (κ1) is 16.1. The molecule has 1 fully saturated rings. The van der Waals surface area contributed by atoms with Gasteiger partial charge in [0.25, 0.3) is 0 Å². The molecule has 1 amide bonds. The molecule has 0 aromatic carbocycles. The minimum absolute atomic E-state index is 0.100. The number of allylic oxidation sites excluding steroid dienone is 1. The maximum absolute atomic E-state index is 12.3. The Balaban J connectivity index is 2.11. The van der Waals surface area contributed by atoms with Crippen LogP contribution in [0.4, 0.5) is 0 Å². The Hall–Kier alpha value is -1.32. The lowest BCUT2D eigenvalue weighted by Gasteiger charge is -2.36. The normalized spacial score (nSPS) is 29.0. The molecule has 2 aliphatic rings. The predicted octanol–water partition coefficient (Wildman–Crippen LogP) is 2.92. The van der Waals surface area contributed by atoms with E-state index in [1.54, 1.807) is 0 Å². The molecule has 0 spiro atoms. The summed E-state index contributed by atoms with van der Waals surface area (Å²) < 4.78 is 5.25. The van der Waals surface area contributed by atoms with Crippen LogP contribution in [0.5, 0.6) is 0 Å². The second-order valence-corrected chi connectivity index (χ2v) is 6.06. The third-order valence-corrected chi connectivity index (χ3v) is 4.54. The molecule has 2 rings (SSSR count). The van der Waals surface area contributed by atoms with Crippen molar-refractivity contribution in [1.29, 1.82) is 0 Å². The lowest BCUT2D eigenvalue weighted by atomic mass is 9.80. The van der Waals surface area contributed by atoms with E-state index >= 15 is 0 Å². The number of likely N-dealkylation sites (tertiary alicyclic amines) is 1. The van der Waals surface area contributed by atoms with Crippen LogP contribution in [0.15, 0.2) is 12.2 Å². The van der Waals surface area contributed by atoms with E-state index in [-0.39, 0.29) is 23.8 Å². The van der Waals surface area contributed by atoms with E-state index in [4.69, 9.17) is 4.74 Å². The van der Waals surface area contributed by atoms with Crippen LogP contribution in [0.25, 0.3) is 0 Å². The molecule has 4 nitrogen and oxygen atoms in total. The number of carbonyl (C=O) groups excluding carboxylic acids is 2. The fourth-order valence-corrected chi connectivity index (χ4v) is 3.42. The standard InChI is InChI=1S/C17H27NO3/c1-3-5-7-13-9-10-15(18-11-6-8-16(18)19)14(12-13)17(20)21-4-2/h9-10,13-15H,3-8,11-12H2,1-2H3/t13-,14-,15?/m0/s1. The zero-order chi connectivity index (χ0) is 15.2. The Morgan fingerprint density at radius 1 is 1.38 bits per heavy atom. The van der Waals surface area contributed by atoms with Crippen LogP contribution in [0.1, 0.15) is 52.4 Å². The Morgan fingerprint density at radius 3 is 2.81 bits per heavy atom. The number of amides is 1. The molecule has 21 heavy (non-hydrogen) atoms. The molecule has 0 aromatic heterocycles. The van der Waals surface area contributed by atoms with Gasteiger partial charge in [0.05, 0.1) is 18.6 Å². The van der Waals surface area contributed by atoms with Gasteiger partial charge in [-0.1, -0.05) is 31.9 Å². The van der Waals surface area contributed by atoms with Gasteiger partial charge in [-0.2, -0.15) is 0 Å². The number of rotatable bonds is 6. The van der Waals surface area contributed by atoms with Gasteiger partial charge in [-0.15, -0.1) is 0 Å². The second kappa shape index (κ2) is 7.62. The van der Waals surface area contributed by atoms with Gasteiger partial charge in [0.15, 0.2) is 0 Å². The highest BCUT2D eigenvalue weighted by Gasteiger charge is 2.39. The zero-order valence-electron chi connectivity index (χ0n) is 13.2. The number of unbranched alkanes of at least 4 members (excludes halogenated alkanes) is 1. The number of nitrogens with zero attached hydrogens (tertiary/aromatic N) is 1. The van der Waals surface area contributed by atoms with Crippen LogP contribution >= 0.6 is 0 Å². The van der Waals surface area contributed by atoms with Crippen LogP contribution in [-0.4, -0.2) is 36.0 Å². The van der Waals surface area contributed by atoms with Crippen molar-refractivity contribution < 1.29 is 14.3 Å². The maximum atomic E-state index is 12.3. The molecule has 0 radical (unpaired) electrons. The van der Waals surface area contributed by atoms with Gasteiger partial charge >= 0.3 is 5.97 Å². The molecule has 0 N–H and O–H groups in total. The molecule has 1 unspecified atom stereocenters. The number of carbonyl (C=O) groups is 2. The van der Waals surface area contributed by atoms with Crippen LogP contribution in [0.3, 0.4) is 0 Å². The van der Waals surface area contributed by atoms with Crippen molar-refractivity contribution in [2.45, 2.75) is 58.4 Å². The fourth-order valence-electron chi connectivity index (χ4n) is 3.42. The van der Waals surface area contributed by atoms with Crippen LogP contribution in [0, 0.1) is 11.8 Å². The van der Waals surface area contributed by atoms with Crippen LogP contribution in [0.2, 0.25) is 0 Å². The molecule has 0 saturated carbocycles. The summed E-state index contributed by atoms with van der Waals surface area (Å²) in [4.78, 5) is 26.2. The Bertz CT molecular complexity index is 405. The van der Waals surface area contributed by atoms with Crippen molar-refractivity contribution in [3.05, 3.63) is 12.2 Å². The monoisotopic (exact) mass is 293 g/mol. The van der Waals surface area contributed by atoms with Crippen molar-refractivity contribution in [1.82, 2.24) is 4.90 Å². The summed E-state index contributed by atoms with van der Waals surface area (Å²) in [7, 11) is 0. The van der Waals surface area contributed by atoms with Crippen molar-refractivity contribution >= 4 is 11.9 Å². The lowest BCUT2D eigenvalue weighted by Crippen LogP contribution is -2.46. The van der Waals surface area contributed by atoms with Crippen molar-refractivity contribution in [2.24, 2.45) is 11.8 Å². The van der Waals surface area contributed by atoms with Crippen molar-refractivity contribution in [3.8, 4) is 0 Å². The number of esters is 1. The second-order valence-electron chi connectivity index (χ2n) is 6.06. The maximum Gasteiger partial charge on any atom is 0.311 e. The summed E-state index contributed by atoms with van der Waals surface area (Å²) in [6, 6.07) is -0.100. The van der Waals surface area contributed by atoms with E-state index in [0.29, 0.717) is 18.9 Å². The first-order chi connectivity index (χ1) is 10.2. The molecule has 118 valence electrons. The summed E-state index contributed by atoms with van der Waals surface area (Å²) >= 11 is 0. The largest absolute Gasteiger partial charge is 0.466 e. The van der Waals surface area contributed by atoms with Crippen LogP contribution < -0.4 is 0 Å². The Kier molecular flexibility index (Phi) is 5.83. The van der Waals surface area contributed by atoms with E-state index in [9.17, 15) is 9.59 Å². The topological polar surface area (TPSA) is 46.6 Å². The van der Waals surface area contributed by atoms with E-state index in [1.165, 1.54) is 12.8 Å². The van der Waals surface area contributed by atoms with Gasteiger partial charge in [-0.05, 0) is 32.1 Å². The lowest BCUT2D eigenvalue weighted by molar-refractivity contribution is -0.151. The van der Waals surface area contributed by atoms with E-state index in [1.807, 2.05) is 11.8 Å². The first-order valence-corrected chi connectivity index (χ1v) is 8.31. The molecule has 1 aliphatic carbocycles. The van der Waals surface area contributed by atoms with Gasteiger partial charge in [0.1, 0.15) is 0 Å². The third-order valence-electron chi connectivity index (χ3n) is 4.54. The molecule has 4 heteroatoms. The first-order valence-electron chi connectivity index (χ1n) is 8.31. The summed E-state index contributed by atoms with van der Waals surface area (Å²) in [5.74, 6) is 0.270. The third kappa shape index (κ3) is 3.86. The molecular formula is C17H27NO3. The van der Waals surface area contributed by atoms with Gasteiger partial charge in [0.2, 0.25) is 5.91 Å². The summed E-state index contributed by atoms with van der Waals surface area (Å²) in [6.07, 6.45) is 10.1. The Labute approximate surface area is 127 Å². The van der Waals surface area contributed by atoms with Gasteiger partial charge in [-0.3, -0.25) is 9.59 Å². The van der Waals surface area contributed by atoms with E-state index in [0.717, 1.165) is 25.8 Å². The molecule has 1 aliphatic heterocycles. The average molecular weight is 293 g/mol. The summed E-state index contributed by atoms with van der Waals surface area (Å²) in [6.45, 7) is 5.19. The number of hydrogen-bond acceptors (Lipinski definition) is 3. The van der Waals surface area contributed by atoms with Crippen molar-refractivity contribution in [3.63, 3.8) is 0 Å². The van der Waals surface area contributed by atoms with Crippen molar-refractivity contribution in [2.75, 3.05) is 13.2 Å². The molecule has 3 atom stereocenters. The summed E-state index contributed by atoms with van der Waals surface area (Å²) in [5.41, 5.74) is 0. The van der Waals surface area contributed by atoms with E-state index in [2.05, 4.69) is 19.1 Å².